The zero-order valence-electron chi connectivity index (χ0n) is 13.3. The van der Waals surface area contributed by atoms with Crippen LogP contribution in [0.3, 0.4) is 0 Å². The smallest absolute Gasteiger partial charge is 0.409 e. The Bertz CT molecular complexity index is 422. The molecule has 0 aliphatic heterocycles. The Morgan fingerprint density at radius 3 is 1.81 bits per heavy atom. The van der Waals surface area contributed by atoms with Crippen LogP contribution in [-0.2, 0) is 23.1 Å². The van der Waals surface area contributed by atoms with E-state index in [2.05, 4.69) is 5.32 Å². The number of alkyl carbamates (subject to hydrolysis) is 1. The van der Waals surface area contributed by atoms with Crippen molar-refractivity contribution in [3.8, 4) is 0 Å². The molecular formula is C12H24NO7P. The maximum Gasteiger partial charge on any atom is 0.409 e. The van der Waals surface area contributed by atoms with Crippen LogP contribution in [-0.4, -0.2) is 41.3 Å². The molecule has 0 rings (SSSR count). The van der Waals surface area contributed by atoms with Gasteiger partial charge in [0.1, 0.15) is 5.60 Å². The van der Waals surface area contributed by atoms with Crippen molar-refractivity contribution >= 4 is 19.7 Å². The molecule has 1 amide bonds. The number of amides is 1. The summed E-state index contributed by atoms with van der Waals surface area (Å²) in [4.78, 5) is 23.3. The van der Waals surface area contributed by atoms with E-state index in [0.717, 1.165) is 6.92 Å². The molecule has 0 unspecified atom stereocenters. The summed E-state index contributed by atoms with van der Waals surface area (Å²) >= 11 is 0. The van der Waals surface area contributed by atoms with Crippen molar-refractivity contribution < 1.29 is 33.0 Å². The number of hydrogen-bond donors (Lipinski definition) is 2. The van der Waals surface area contributed by atoms with Gasteiger partial charge in [0.05, 0.1) is 13.2 Å². The summed E-state index contributed by atoms with van der Waals surface area (Å²) in [5, 5.41) is 9.20. The summed E-state index contributed by atoms with van der Waals surface area (Å²) in [7, 11) is -4.13. The van der Waals surface area contributed by atoms with Crippen LogP contribution in [0.2, 0.25) is 0 Å². The van der Waals surface area contributed by atoms with Gasteiger partial charge < -0.3 is 18.9 Å². The molecule has 0 spiro atoms. The molecule has 0 saturated heterocycles. The first-order valence-electron chi connectivity index (χ1n) is 6.55. The zero-order chi connectivity index (χ0) is 16.9. The summed E-state index contributed by atoms with van der Waals surface area (Å²) in [5.41, 5.74) is -0.829. The minimum Gasteiger partial charge on any atom is -0.479 e. The summed E-state index contributed by atoms with van der Waals surface area (Å²) in [5.74, 6) is -1.54. The highest BCUT2D eigenvalue weighted by Crippen LogP contribution is 2.58. The van der Waals surface area contributed by atoms with Crippen molar-refractivity contribution in [2.75, 3.05) is 13.2 Å². The van der Waals surface area contributed by atoms with Gasteiger partial charge >= 0.3 is 19.7 Å². The van der Waals surface area contributed by atoms with Crippen molar-refractivity contribution in [3.05, 3.63) is 0 Å². The van der Waals surface area contributed by atoms with Crippen molar-refractivity contribution in [2.24, 2.45) is 0 Å². The van der Waals surface area contributed by atoms with E-state index in [-0.39, 0.29) is 13.2 Å². The summed E-state index contributed by atoms with van der Waals surface area (Å²) in [6, 6.07) is 0. The quantitative estimate of drug-likeness (QED) is 0.692. The highest BCUT2D eigenvalue weighted by Gasteiger charge is 2.55. The second-order valence-corrected chi connectivity index (χ2v) is 7.74. The molecule has 1 atom stereocenters. The van der Waals surface area contributed by atoms with E-state index in [4.69, 9.17) is 13.8 Å². The normalized spacial score (nSPS) is 15.1. The molecule has 0 aromatic rings. The lowest BCUT2D eigenvalue weighted by Crippen LogP contribution is -2.53. The lowest BCUT2D eigenvalue weighted by molar-refractivity contribution is -0.141. The predicted molar refractivity (Wildman–Crippen MR) is 76.3 cm³/mol. The van der Waals surface area contributed by atoms with Crippen LogP contribution in [0.25, 0.3) is 0 Å². The van der Waals surface area contributed by atoms with Gasteiger partial charge in [-0.15, -0.1) is 0 Å². The van der Waals surface area contributed by atoms with Gasteiger partial charge in [0.15, 0.2) is 0 Å². The third-order valence-electron chi connectivity index (χ3n) is 2.31. The van der Waals surface area contributed by atoms with Crippen LogP contribution < -0.4 is 5.32 Å². The lowest BCUT2D eigenvalue weighted by Gasteiger charge is -2.33. The topological polar surface area (TPSA) is 111 Å². The molecule has 0 aromatic heterocycles. The Morgan fingerprint density at radius 2 is 1.52 bits per heavy atom. The fourth-order valence-corrected chi connectivity index (χ4v) is 3.11. The first kappa shape index (κ1) is 19.9. The Morgan fingerprint density at radius 1 is 1.10 bits per heavy atom. The van der Waals surface area contributed by atoms with Crippen molar-refractivity contribution in [1.82, 2.24) is 5.32 Å². The molecule has 0 aromatic carbocycles. The van der Waals surface area contributed by atoms with Gasteiger partial charge in [0.2, 0.25) is 5.28 Å². The second kappa shape index (κ2) is 7.24. The molecule has 2 N–H and O–H groups in total. The number of rotatable bonds is 7. The SMILES string of the molecule is CCOP(=O)(OCC)[C@](C)(NC(=O)OC(C)(C)C)C(=O)O. The van der Waals surface area contributed by atoms with Gasteiger partial charge in [-0.1, -0.05) is 0 Å². The Kier molecular flexibility index (Phi) is 6.86. The molecule has 9 heteroatoms. The molecule has 0 aliphatic rings. The van der Waals surface area contributed by atoms with Crippen LogP contribution in [0.5, 0.6) is 0 Å². The first-order chi connectivity index (χ1) is 9.42. The van der Waals surface area contributed by atoms with Crippen LogP contribution in [0, 0.1) is 0 Å². The van der Waals surface area contributed by atoms with E-state index in [1.54, 1.807) is 34.6 Å². The molecule has 0 aliphatic carbocycles. The van der Waals surface area contributed by atoms with Crippen LogP contribution >= 0.6 is 7.60 Å². The largest absolute Gasteiger partial charge is 0.479 e. The molecule has 21 heavy (non-hydrogen) atoms. The van der Waals surface area contributed by atoms with Gasteiger partial charge in [-0.2, -0.15) is 0 Å². The van der Waals surface area contributed by atoms with E-state index in [1.807, 2.05) is 0 Å². The molecule has 0 radical (unpaired) electrons. The molecule has 124 valence electrons. The zero-order valence-corrected chi connectivity index (χ0v) is 14.2. The van der Waals surface area contributed by atoms with Gasteiger partial charge in [-0.3, -0.25) is 9.88 Å². The predicted octanol–water partition coefficient (Wildman–Crippen LogP) is 2.58. The van der Waals surface area contributed by atoms with Crippen LogP contribution in [0.4, 0.5) is 4.79 Å². The first-order valence-corrected chi connectivity index (χ1v) is 8.10. The number of ether oxygens (including phenoxy) is 1. The average molecular weight is 325 g/mol. The van der Waals surface area contributed by atoms with Crippen LogP contribution in [0.15, 0.2) is 0 Å². The maximum absolute atomic E-state index is 12.7. The fraction of sp³-hybridized carbons (Fsp3) is 0.833. The average Bonchev–Trinajstić information content (AvgIpc) is 2.26. The lowest BCUT2D eigenvalue weighted by atomic mass is 10.2. The summed E-state index contributed by atoms with van der Waals surface area (Å²) < 4.78 is 27.7. The standard InChI is InChI=1S/C12H24NO7P/c1-7-18-21(17,19-8-2)12(6,9(14)15)13-10(16)20-11(3,4)5/h7-8H2,1-6H3,(H,13,16)(H,14,15)/t12-/m0/s1. The van der Waals surface area contributed by atoms with Crippen molar-refractivity contribution in [3.63, 3.8) is 0 Å². The van der Waals surface area contributed by atoms with Gasteiger partial charge in [-0.25, -0.2) is 9.59 Å². The number of carbonyl (C=O) groups is 2. The monoisotopic (exact) mass is 325 g/mol. The number of carboxylic acids is 1. The van der Waals surface area contributed by atoms with E-state index in [9.17, 15) is 19.3 Å². The minimum absolute atomic E-state index is 0.0316. The van der Waals surface area contributed by atoms with E-state index >= 15 is 0 Å². The maximum atomic E-state index is 12.7. The molecule has 8 nitrogen and oxygen atoms in total. The summed E-state index contributed by atoms with van der Waals surface area (Å²) in [6.07, 6.45) is -1.02. The van der Waals surface area contributed by atoms with E-state index in [1.165, 1.54) is 0 Å². The number of carbonyl (C=O) groups excluding carboxylic acids is 1. The van der Waals surface area contributed by atoms with E-state index < -0.39 is 30.5 Å². The van der Waals surface area contributed by atoms with Gasteiger partial charge in [0, 0.05) is 0 Å². The van der Waals surface area contributed by atoms with Crippen LogP contribution in [0.1, 0.15) is 41.5 Å². The van der Waals surface area contributed by atoms with Gasteiger partial charge in [-0.05, 0) is 41.5 Å². The summed E-state index contributed by atoms with van der Waals surface area (Å²) in [6.45, 7) is 8.95. The van der Waals surface area contributed by atoms with Crippen molar-refractivity contribution in [1.29, 1.82) is 0 Å². The molecule has 0 saturated carbocycles. The molecule has 0 bridgehead atoms. The number of aliphatic carboxylic acids is 1. The number of nitrogens with one attached hydrogen (secondary N) is 1. The second-order valence-electron chi connectivity index (χ2n) is 5.34. The molecular weight excluding hydrogens is 301 g/mol. The Balaban J connectivity index is 5.46. The van der Waals surface area contributed by atoms with E-state index in [0.29, 0.717) is 0 Å². The molecule has 0 heterocycles. The Labute approximate surface area is 124 Å². The van der Waals surface area contributed by atoms with Gasteiger partial charge in [0.25, 0.3) is 0 Å². The third kappa shape index (κ3) is 5.30. The molecule has 0 fully saturated rings. The minimum atomic E-state index is -4.13. The third-order valence-corrected chi connectivity index (χ3v) is 4.90. The number of hydrogen-bond acceptors (Lipinski definition) is 6. The Hall–Kier alpha value is -1.11. The van der Waals surface area contributed by atoms with Crippen molar-refractivity contribution in [2.45, 2.75) is 52.4 Å². The highest BCUT2D eigenvalue weighted by molar-refractivity contribution is 7.56. The highest BCUT2D eigenvalue weighted by atomic mass is 31.2. The fourth-order valence-electron chi connectivity index (χ4n) is 1.38. The number of carboxylic acid groups (broad SMARTS) is 1.